The second-order valence-electron chi connectivity index (χ2n) is 6.54. The van der Waals surface area contributed by atoms with Crippen LogP contribution in [0, 0.1) is 6.92 Å². The summed E-state index contributed by atoms with van der Waals surface area (Å²) in [5.41, 5.74) is 1.65. The van der Waals surface area contributed by atoms with E-state index in [1.54, 1.807) is 13.0 Å². The summed E-state index contributed by atoms with van der Waals surface area (Å²) in [6.07, 6.45) is 10.7. The summed E-state index contributed by atoms with van der Waals surface area (Å²) in [5, 5.41) is 0. The van der Waals surface area contributed by atoms with E-state index in [2.05, 4.69) is 13.8 Å². The summed E-state index contributed by atoms with van der Waals surface area (Å²) >= 11 is 0. The second-order valence-corrected chi connectivity index (χ2v) is 7.93. The van der Waals surface area contributed by atoms with Gasteiger partial charge in [0.1, 0.15) is 0 Å². The fourth-order valence-electron chi connectivity index (χ4n) is 3.07. The molecule has 1 unspecified atom stereocenters. The van der Waals surface area contributed by atoms with Crippen LogP contribution in [-0.4, -0.2) is 13.0 Å². The maximum Gasteiger partial charge on any atom is 0.294 e. The zero-order valence-electron chi connectivity index (χ0n) is 14.8. The summed E-state index contributed by atoms with van der Waals surface area (Å²) in [5.74, 6) is 0.387. The number of hydrogen-bond donors (Lipinski definition) is 1. The monoisotopic (exact) mass is 340 g/mol. The third kappa shape index (κ3) is 7.05. The standard InChI is InChI=1S/C19H32O3S/c1-4-6-8-9-10-12-17(11-7-5-2)18-14-13-16(3)19(15-18)23(20,21)22/h13-15,17H,4-12H2,1-3H3,(H,20,21,22). The first-order valence-corrected chi connectivity index (χ1v) is 10.4. The lowest BCUT2D eigenvalue weighted by molar-refractivity contribution is 0.481. The molecule has 0 heterocycles. The molecule has 1 rings (SSSR count). The highest BCUT2D eigenvalue weighted by molar-refractivity contribution is 7.85. The maximum atomic E-state index is 11.5. The van der Waals surface area contributed by atoms with E-state index < -0.39 is 10.1 Å². The summed E-state index contributed by atoms with van der Waals surface area (Å²) < 4.78 is 32.5. The van der Waals surface area contributed by atoms with Crippen LogP contribution in [0.4, 0.5) is 0 Å². The van der Waals surface area contributed by atoms with Crippen LogP contribution in [0.1, 0.15) is 88.7 Å². The molecule has 23 heavy (non-hydrogen) atoms. The topological polar surface area (TPSA) is 54.4 Å². The van der Waals surface area contributed by atoms with Crippen LogP contribution < -0.4 is 0 Å². The van der Waals surface area contributed by atoms with Crippen molar-refractivity contribution in [1.29, 1.82) is 0 Å². The maximum absolute atomic E-state index is 11.5. The van der Waals surface area contributed by atoms with Crippen LogP contribution in [0.25, 0.3) is 0 Å². The lowest BCUT2D eigenvalue weighted by Gasteiger charge is -2.18. The molecule has 0 amide bonds. The van der Waals surface area contributed by atoms with E-state index >= 15 is 0 Å². The molecule has 4 heteroatoms. The molecule has 0 aromatic heterocycles. The quantitative estimate of drug-likeness (QED) is 0.404. The Hall–Kier alpha value is -0.870. The fraction of sp³-hybridized carbons (Fsp3) is 0.684. The Labute approximate surface area is 142 Å². The van der Waals surface area contributed by atoms with E-state index in [9.17, 15) is 13.0 Å². The Morgan fingerprint density at radius 2 is 1.57 bits per heavy atom. The number of aryl methyl sites for hydroxylation is 1. The average Bonchev–Trinajstić information content (AvgIpc) is 2.49. The van der Waals surface area contributed by atoms with Gasteiger partial charge in [0, 0.05) is 0 Å². The molecule has 0 spiro atoms. The number of unbranched alkanes of at least 4 members (excludes halogenated alkanes) is 5. The molecule has 0 aliphatic carbocycles. The Bertz CT molecular complexity index is 564. The minimum Gasteiger partial charge on any atom is -0.282 e. The molecule has 0 saturated heterocycles. The van der Waals surface area contributed by atoms with E-state index in [4.69, 9.17) is 0 Å². The molecule has 3 nitrogen and oxygen atoms in total. The van der Waals surface area contributed by atoms with Crippen LogP contribution in [0.5, 0.6) is 0 Å². The van der Waals surface area contributed by atoms with Crippen LogP contribution >= 0.6 is 0 Å². The molecule has 132 valence electrons. The molecular formula is C19H32O3S. The minimum atomic E-state index is -4.14. The van der Waals surface area contributed by atoms with Crippen molar-refractivity contribution in [1.82, 2.24) is 0 Å². The second kappa shape index (κ2) is 10.1. The molecule has 1 atom stereocenters. The molecule has 0 radical (unpaired) electrons. The molecule has 1 aromatic rings. The molecule has 1 N–H and O–H groups in total. The predicted molar refractivity (Wildman–Crippen MR) is 96.6 cm³/mol. The number of benzene rings is 1. The Balaban J connectivity index is 2.85. The van der Waals surface area contributed by atoms with Crippen molar-refractivity contribution in [2.45, 2.75) is 89.4 Å². The van der Waals surface area contributed by atoms with Gasteiger partial charge in [-0.25, -0.2) is 0 Å². The first kappa shape index (κ1) is 20.2. The van der Waals surface area contributed by atoms with Crippen molar-refractivity contribution in [2.24, 2.45) is 0 Å². The molecule has 0 aliphatic rings. The van der Waals surface area contributed by atoms with E-state index in [1.165, 1.54) is 32.1 Å². The SMILES string of the molecule is CCCCCCCC(CCCC)c1ccc(C)c(S(=O)(=O)O)c1. The summed E-state index contributed by atoms with van der Waals surface area (Å²) in [4.78, 5) is 0.0579. The Kier molecular flexibility index (Phi) is 8.85. The molecule has 0 bridgehead atoms. The molecule has 1 aromatic carbocycles. The number of rotatable bonds is 11. The predicted octanol–water partition coefficient (Wildman–Crippen LogP) is 5.88. The lowest BCUT2D eigenvalue weighted by Crippen LogP contribution is -2.05. The summed E-state index contributed by atoms with van der Waals surface area (Å²) in [6.45, 7) is 6.11. The summed E-state index contributed by atoms with van der Waals surface area (Å²) in [7, 11) is -4.14. The smallest absolute Gasteiger partial charge is 0.282 e. The van der Waals surface area contributed by atoms with Gasteiger partial charge in [-0.1, -0.05) is 70.9 Å². The van der Waals surface area contributed by atoms with Crippen molar-refractivity contribution in [3.05, 3.63) is 29.3 Å². The first-order chi connectivity index (χ1) is 10.9. The van der Waals surface area contributed by atoms with Gasteiger partial charge in [0.15, 0.2) is 0 Å². The van der Waals surface area contributed by atoms with Crippen LogP contribution in [0.3, 0.4) is 0 Å². The van der Waals surface area contributed by atoms with Gasteiger partial charge in [0.05, 0.1) is 4.90 Å². The highest BCUT2D eigenvalue weighted by Gasteiger charge is 2.17. The third-order valence-corrected chi connectivity index (χ3v) is 5.52. The lowest BCUT2D eigenvalue weighted by atomic mass is 9.88. The van der Waals surface area contributed by atoms with E-state index in [-0.39, 0.29) is 4.90 Å². The van der Waals surface area contributed by atoms with Gasteiger partial charge in [0.25, 0.3) is 10.1 Å². The van der Waals surface area contributed by atoms with E-state index in [0.717, 1.165) is 31.2 Å². The van der Waals surface area contributed by atoms with Crippen molar-refractivity contribution < 1.29 is 13.0 Å². The van der Waals surface area contributed by atoms with Crippen LogP contribution in [-0.2, 0) is 10.1 Å². The highest BCUT2D eigenvalue weighted by Crippen LogP contribution is 2.30. The van der Waals surface area contributed by atoms with E-state index in [1.807, 2.05) is 12.1 Å². The van der Waals surface area contributed by atoms with Crippen molar-refractivity contribution in [3.8, 4) is 0 Å². The zero-order chi connectivity index (χ0) is 17.3. The average molecular weight is 341 g/mol. The Morgan fingerprint density at radius 3 is 2.17 bits per heavy atom. The van der Waals surface area contributed by atoms with Gasteiger partial charge in [-0.3, -0.25) is 4.55 Å². The largest absolute Gasteiger partial charge is 0.294 e. The first-order valence-electron chi connectivity index (χ1n) is 8.98. The van der Waals surface area contributed by atoms with Gasteiger partial charge in [-0.05, 0) is 42.9 Å². The minimum absolute atomic E-state index is 0.0579. The van der Waals surface area contributed by atoms with Gasteiger partial charge < -0.3 is 0 Å². The van der Waals surface area contributed by atoms with Crippen molar-refractivity contribution >= 4 is 10.1 Å². The molecule has 0 fully saturated rings. The van der Waals surface area contributed by atoms with Gasteiger partial charge >= 0.3 is 0 Å². The normalized spacial score (nSPS) is 13.2. The molecule has 0 aliphatic heterocycles. The van der Waals surface area contributed by atoms with Crippen molar-refractivity contribution in [3.63, 3.8) is 0 Å². The van der Waals surface area contributed by atoms with Crippen LogP contribution in [0.2, 0.25) is 0 Å². The Morgan fingerprint density at radius 1 is 0.957 bits per heavy atom. The highest BCUT2D eigenvalue weighted by atomic mass is 32.2. The zero-order valence-corrected chi connectivity index (χ0v) is 15.7. The van der Waals surface area contributed by atoms with E-state index in [0.29, 0.717) is 11.5 Å². The third-order valence-electron chi connectivity index (χ3n) is 4.52. The summed E-state index contributed by atoms with van der Waals surface area (Å²) in [6, 6.07) is 5.52. The van der Waals surface area contributed by atoms with Gasteiger partial charge in [-0.2, -0.15) is 8.42 Å². The fourth-order valence-corrected chi connectivity index (χ4v) is 3.83. The van der Waals surface area contributed by atoms with Gasteiger partial charge in [0.2, 0.25) is 0 Å². The number of hydrogen-bond acceptors (Lipinski definition) is 2. The van der Waals surface area contributed by atoms with Crippen LogP contribution in [0.15, 0.2) is 23.1 Å². The van der Waals surface area contributed by atoms with Crippen molar-refractivity contribution in [2.75, 3.05) is 0 Å². The molecular weight excluding hydrogens is 308 g/mol. The van der Waals surface area contributed by atoms with Gasteiger partial charge in [-0.15, -0.1) is 0 Å². The molecule has 0 saturated carbocycles.